The molecule has 0 fully saturated rings. The molecule has 1 N–H and O–H groups in total. The second kappa shape index (κ2) is 7.57. The van der Waals surface area contributed by atoms with Gasteiger partial charge in [0.1, 0.15) is 0 Å². The molecule has 2 aromatic rings. The predicted molar refractivity (Wildman–Crippen MR) is 98.4 cm³/mol. The molecule has 0 amide bonds. The SMILES string of the molecule is C=CCC(=Cc1ccccc1)S(=O)(=O)Nc1cc(Br)cnc1C. The molecule has 4 nitrogen and oxygen atoms in total. The Morgan fingerprint density at radius 2 is 2.04 bits per heavy atom. The van der Waals surface area contributed by atoms with Crippen LogP contribution in [0.2, 0.25) is 0 Å². The highest BCUT2D eigenvalue weighted by Gasteiger charge is 2.18. The molecule has 120 valence electrons. The van der Waals surface area contributed by atoms with Gasteiger partial charge in [0.15, 0.2) is 0 Å². The lowest BCUT2D eigenvalue weighted by atomic mass is 10.2. The minimum Gasteiger partial charge on any atom is -0.278 e. The Kier molecular flexibility index (Phi) is 5.74. The molecule has 23 heavy (non-hydrogen) atoms. The van der Waals surface area contributed by atoms with Crippen LogP contribution in [0.1, 0.15) is 17.7 Å². The summed E-state index contributed by atoms with van der Waals surface area (Å²) >= 11 is 3.30. The van der Waals surface area contributed by atoms with Gasteiger partial charge >= 0.3 is 0 Å². The molecule has 1 aromatic carbocycles. The topological polar surface area (TPSA) is 59.1 Å². The van der Waals surface area contributed by atoms with Crippen molar-refractivity contribution in [1.29, 1.82) is 0 Å². The summed E-state index contributed by atoms with van der Waals surface area (Å²) in [4.78, 5) is 4.39. The van der Waals surface area contributed by atoms with Gasteiger partial charge in [-0.15, -0.1) is 6.58 Å². The number of hydrogen-bond donors (Lipinski definition) is 1. The van der Waals surface area contributed by atoms with Crippen LogP contribution in [-0.2, 0) is 10.0 Å². The van der Waals surface area contributed by atoms with Crippen molar-refractivity contribution in [1.82, 2.24) is 4.98 Å². The maximum Gasteiger partial charge on any atom is 0.258 e. The largest absolute Gasteiger partial charge is 0.278 e. The molecule has 0 radical (unpaired) electrons. The van der Waals surface area contributed by atoms with E-state index in [0.717, 1.165) is 5.56 Å². The standard InChI is InChI=1S/C17H17BrN2O2S/c1-3-7-16(10-14-8-5-4-6-9-14)23(21,22)20-17-11-15(18)12-19-13(17)2/h3-6,8-12,20H,1,7H2,2H3. The van der Waals surface area contributed by atoms with Crippen molar-refractivity contribution in [3.05, 3.63) is 75.9 Å². The van der Waals surface area contributed by atoms with Gasteiger partial charge in [0, 0.05) is 17.1 Å². The van der Waals surface area contributed by atoms with Gasteiger partial charge < -0.3 is 0 Å². The third-order valence-electron chi connectivity index (χ3n) is 3.12. The number of nitrogens with zero attached hydrogens (tertiary/aromatic N) is 1. The molecule has 0 aliphatic heterocycles. The Bertz CT molecular complexity index is 831. The van der Waals surface area contributed by atoms with Crippen LogP contribution in [0, 0.1) is 6.92 Å². The lowest BCUT2D eigenvalue weighted by molar-refractivity contribution is 0.606. The van der Waals surface area contributed by atoms with Crippen molar-refractivity contribution >= 4 is 37.7 Å². The normalized spacial score (nSPS) is 12.0. The number of benzene rings is 1. The first-order valence-corrected chi connectivity index (χ1v) is 9.21. The molecule has 0 unspecified atom stereocenters. The highest BCUT2D eigenvalue weighted by molar-refractivity contribution is 9.10. The van der Waals surface area contributed by atoms with Gasteiger partial charge in [-0.05, 0) is 40.6 Å². The van der Waals surface area contributed by atoms with Crippen LogP contribution < -0.4 is 4.72 Å². The van der Waals surface area contributed by atoms with Gasteiger partial charge in [-0.1, -0.05) is 36.4 Å². The number of halogens is 1. The molecule has 0 atom stereocenters. The van der Waals surface area contributed by atoms with Gasteiger partial charge in [0.2, 0.25) is 0 Å². The molecule has 2 rings (SSSR count). The van der Waals surface area contributed by atoms with Crippen molar-refractivity contribution in [3.63, 3.8) is 0 Å². The number of nitrogens with one attached hydrogen (secondary N) is 1. The zero-order valence-electron chi connectivity index (χ0n) is 12.7. The van der Waals surface area contributed by atoms with Crippen molar-refractivity contribution in [2.24, 2.45) is 0 Å². The maximum absolute atomic E-state index is 12.7. The highest BCUT2D eigenvalue weighted by atomic mass is 79.9. The molecule has 0 saturated carbocycles. The summed E-state index contributed by atoms with van der Waals surface area (Å²) in [5, 5.41) is 0. The van der Waals surface area contributed by atoms with Crippen LogP contribution in [-0.4, -0.2) is 13.4 Å². The van der Waals surface area contributed by atoms with Crippen LogP contribution in [0.3, 0.4) is 0 Å². The van der Waals surface area contributed by atoms with Crippen LogP contribution >= 0.6 is 15.9 Å². The number of aryl methyl sites for hydroxylation is 1. The summed E-state index contributed by atoms with van der Waals surface area (Å²) in [6, 6.07) is 11.0. The maximum atomic E-state index is 12.7. The third kappa shape index (κ3) is 4.77. The number of anilines is 1. The van der Waals surface area contributed by atoms with E-state index in [1.807, 2.05) is 30.3 Å². The minimum absolute atomic E-state index is 0.241. The zero-order chi connectivity index (χ0) is 16.9. The number of allylic oxidation sites excluding steroid dienone is 2. The number of sulfonamides is 1. The molecule has 0 saturated heterocycles. The van der Waals surface area contributed by atoms with E-state index in [1.54, 1.807) is 31.3 Å². The second-order valence-corrected chi connectivity index (χ2v) is 7.56. The van der Waals surface area contributed by atoms with Gasteiger partial charge in [0.25, 0.3) is 10.0 Å². The van der Waals surface area contributed by atoms with E-state index in [-0.39, 0.29) is 11.3 Å². The number of hydrogen-bond acceptors (Lipinski definition) is 3. The van der Waals surface area contributed by atoms with Crippen molar-refractivity contribution in [3.8, 4) is 0 Å². The molecule has 1 heterocycles. The Labute approximate surface area is 145 Å². The molecular formula is C17H17BrN2O2S. The average molecular weight is 393 g/mol. The fraction of sp³-hybridized carbons (Fsp3) is 0.118. The Morgan fingerprint density at radius 3 is 2.70 bits per heavy atom. The van der Waals surface area contributed by atoms with E-state index < -0.39 is 10.0 Å². The van der Waals surface area contributed by atoms with Crippen molar-refractivity contribution in [2.45, 2.75) is 13.3 Å². The van der Waals surface area contributed by atoms with Crippen molar-refractivity contribution in [2.75, 3.05) is 4.72 Å². The summed E-state index contributed by atoms with van der Waals surface area (Å²) in [6.45, 7) is 5.39. The third-order valence-corrected chi connectivity index (χ3v) is 5.01. The molecule has 1 aromatic heterocycles. The first kappa shape index (κ1) is 17.4. The molecule has 0 aliphatic carbocycles. The summed E-state index contributed by atoms with van der Waals surface area (Å²) < 4.78 is 28.7. The van der Waals surface area contributed by atoms with E-state index in [1.165, 1.54) is 0 Å². The van der Waals surface area contributed by atoms with Gasteiger partial charge in [-0.2, -0.15) is 0 Å². The van der Waals surface area contributed by atoms with E-state index >= 15 is 0 Å². The van der Waals surface area contributed by atoms with Gasteiger partial charge in [0.05, 0.1) is 16.3 Å². The molecular weight excluding hydrogens is 376 g/mol. The zero-order valence-corrected chi connectivity index (χ0v) is 15.1. The van der Waals surface area contributed by atoms with E-state index in [0.29, 0.717) is 15.9 Å². The molecule has 0 spiro atoms. The predicted octanol–water partition coefficient (Wildman–Crippen LogP) is 4.51. The smallest absolute Gasteiger partial charge is 0.258 e. The molecule has 6 heteroatoms. The summed E-state index contributed by atoms with van der Waals surface area (Å²) in [7, 11) is -3.70. The first-order chi connectivity index (χ1) is 10.9. The lowest BCUT2D eigenvalue weighted by Crippen LogP contribution is -2.16. The molecule has 0 bridgehead atoms. The van der Waals surface area contributed by atoms with Gasteiger partial charge in [-0.3, -0.25) is 9.71 Å². The van der Waals surface area contributed by atoms with Crippen LogP contribution in [0.15, 0.2) is 64.6 Å². The highest BCUT2D eigenvalue weighted by Crippen LogP contribution is 2.23. The second-order valence-electron chi connectivity index (χ2n) is 4.91. The van der Waals surface area contributed by atoms with E-state index in [2.05, 4.69) is 32.2 Å². The lowest BCUT2D eigenvalue weighted by Gasteiger charge is -2.12. The average Bonchev–Trinajstić information content (AvgIpc) is 2.51. The fourth-order valence-electron chi connectivity index (χ4n) is 1.94. The van der Waals surface area contributed by atoms with E-state index in [9.17, 15) is 8.42 Å². The quantitative estimate of drug-likeness (QED) is 0.735. The number of rotatable bonds is 6. The summed E-state index contributed by atoms with van der Waals surface area (Å²) in [6.07, 6.45) is 5.08. The Morgan fingerprint density at radius 1 is 1.35 bits per heavy atom. The minimum atomic E-state index is -3.70. The number of pyridine rings is 1. The van der Waals surface area contributed by atoms with E-state index in [4.69, 9.17) is 0 Å². The van der Waals surface area contributed by atoms with Crippen LogP contribution in [0.25, 0.3) is 6.08 Å². The Hall–Kier alpha value is -1.92. The van der Waals surface area contributed by atoms with Crippen LogP contribution in [0.5, 0.6) is 0 Å². The Balaban J connectivity index is 2.39. The van der Waals surface area contributed by atoms with Crippen LogP contribution in [0.4, 0.5) is 5.69 Å². The van der Waals surface area contributed by atoms with Crippen molar-refractivity contribution < 1.29 is 8.42 Å². The fourth-order valence-corrected chi connectivity index (χ4v) is 3.53. The van der Waals surface area contributed by atoms with Gasteiger partial charge in [-0.25, -0.2) is 8.42 Å². The number of aromatic nitrogens is 1. The monoisotopic (exact) mass is 392 g/mol. The summed E-state index contributed by atoms with van der Waals surface area (Å²) in [5.74, 6) is 0. The molecule has 0 aliphatic rings. The summed E-state index contributed by atoms with van der Waals surface area (Å²) in [5.41, 5.74) is 1.87. The first-order valence-electron chi connectivity index (χ1n) is 6.94.